The Morgan fingerprint density at radius 3 is 2.38 bits per heavy atom. The lowest BCUT2D eigenvalue weighted by molar-refractivity contribution is 0.0470. The highest BCUT2D eigenvalue weighted by atomic mass is 16.5. The van der Waals surface area contributed by atoms with Gasteiger partial charge in [0, 0.05) is 10.9 Å². The van der Waals surface area contributed by atoms with Crippen LogP contribution in [0.4, 0.5) is 0 Å². The minimum Gasteiger partial charge on any atom is -0.453 e. The van der Waals surface area contributed by atoms with Gasteiger partial charge in [0.15, 0.2) is 6.61 Å². The molecule has 0 bridgehead atoms. The second-order valence-electron chi connectivity index (χ2n) is 6.24. The van der Waals surface area contributed by atoms with Gasteiger partial charge in [-0.15, -0.1) is 0 Å². The van der Waals surface area contributed by atoms with Gasteiger partial charge in [-0.3, -0.25) is 4.79 Å². The number of ketones is 1. The molecular formula is C21H18O5. The molecule has 0 unspecified atom stereocenters. The van der Waals surface area contributed by atoms with Crippen LogP contribution in [0.2, 0.25) is 0 Å². The first-order chi connectivity index (χ1) is 12.4. The third kappa shape index (κ3) is 3.42. The van der Waals surface area contributed by atoms with Gasteiger partial charge in [-0.05, 0) is 55.7 Å². The monoisotopic (exact) mass is 350 g/mol. The van der Waals surface area contributed by atoms with Crippen LogP contribution in [0, 0.1) is 20.8 Å². The number of benzene rings is 2. The van der Waals surface area contributed by atoms with E-state index in [1.165, 1.54) is 6.07 Å². The fraction of sp³-hybridized carbons (Fsp3) is 0.190. The normalized spacial score (nSPS) is 10.7. The molecule has 0 aliphatic heterocycles. The van der Waals surface area contributed by atoms with E-state index in [0.29, 0.717) is 16.5 Å². The van der Waals surface area contributed by atoms with Crippen molar-refractivity contribution in [2.24, 2.45) is 0 Å². The Balaban J connectivity index is 1.79. The van der Waals surface area contributed by atoms with Crippen LogP contribution in [-0.2, 0) is 4.74 Å². The molecule has 3 aromatic rings. The van der Waals surface area contributed by atoms with Crippen LogP contribution < -0.4 is 5.63 Å². The first-order valence-corrected chi connectivity index (χ1v) is 8.18. The average molecular weight is 350 g/mol. The highest BCUT2D eigenvalue weighted by Crippen LogP contribution is 2.17. The van der Waals surface area contributed by atoms with Crippen molar-refractivity contribution < 1.29 is 18.7 Å². The molecule has 0 aliphatic rings. The van der Waals surface area contributed by atoms with Crippen molar-refractivity contribution in [2.75, 3.05) is 6.61 Å². The second kappa shape index (κ2) is 6.96. The Hall–Kier alpha value is -3.21. The number of fused-ring (bicyclic) bond motifs is 1. The molecule has 5 heteroatoms. The molecule has 2 aromatic carbocycles. The molecule has 1 aromatic heterocycles. The van der Waals surface area contributed by atoms with Crippen molar-refractivity contribution in [3.8, 4) is 0 Å². The quantitative estimate of drug-likeness (QED) is 0.407. The fourth-order valence-electron chi connectivity index (χ4n) is 2.75. The van der Waals surface area contributed by atoms with Gasteiger partial charge in [-0.1, -0.05) is 24.3 Å². The van der Waals surface area contributed by atoms with Gasteiger partial charge < -0.3 is 9.15 Å². The zero-order valence-electron chi connectivity index (χ0n) is 14.8. The maximum Gasteiger partial charge on any atom is 0.351 e. The summed E-state index contributed by atoms with van der Waals surface area (Å²) < 4.78 is 10.2. The number of aryl methyl sites for hydroxylation is 3. The summed E-state index contributed by atoms with van der Waals surface area (Å²) in [6.45, 7) is 5.28. The number of carbonyl (C=O) groups is 2. The molecule has 0 N–H and O–H groups in total. The zero-order valence-corrected chi connectivity index (χ0v) is 14.8. The minimum absolute atomic E-state index is 0.228. The number of hydrogen-bond acceptors (Lipinski definition) is 5. The summed E-state index contributed by atoms with van der Waals surface area (Å²) in [5.41, 5.74) is 2.77. The van der Waals surface area contributed by atoms with Crippen molar-refractivity contribution in [1.29, 1.82) is 0 Å². The molecule has 0 spiro atoms. The standard InChI is InChI=1S/C21H18O5/c1-12-8-14(3)16(9-13(12)2)18(22)11-25-20(23)17-10-15-6-4-5-7-19(15)26-21(17)24/h4-10H,11H2,1-3H3. The van der Waals surface area contributed by atoms with Gasteiger partial charge in [0.2, 0.25) is 5.78 Å². The molecule has 0 fully saturated rings. The van der Waals surface area contributed by atoms with Crippen LogP contribution in [0.1, 0.15) is 37.4 Å². The maximum absolute atomic E-state index is 12.4. The molecule has 0 amide bonds. The molecule has 26 heavy (non-hydrogen) atoms. The number of para-hydroxylation sites is 1. The second-order valence-corrected chi connectivity index (χ2v) is 6.24. The van der Waals surface area contributed by atoms with Gasteiger partial charge in [-0.25, -0.2) is 9.59 Å². The van der Waals surface area contributed by atoms with E-state index in [2.05, 4.69) is 0 Å². The molecule has 1 heterocycles. The van der Waals surface area contributed by atoms with E-state index in [0.717, 1.165) is 16.7 Å². The third-order valence-corrected chi connectivity index (χ3v) is 4.34. The van der Waals surface area contributed by atoms with E-state index >= 15 is 0 Å². The summed E-state index contributed by atoms with van der Waals surface area (Å²) in [7, 11) is 0. The van der Waals surface area contributed by atoms with E-state index < -0.39 is 18.2 Å². The van der Waals surface area contributed by atoms with Crippen LogP contribution in [0.25, 0.3) is 11.0 Å². The molecule has 132 valence electrons. The van der Waals surface area contributed by atoms with E-state index in [-0.39, 0.29) is 11.3 Å². The van der Waals surface area contributed by atoms with Gasteiger partial charge in [0.05, 0.1) is 0 Å². The Bertz CT molecular complexity index is 1080. The topological polar surface area (TPSA) is 73.6 Å². The zero-order chi connectivity index (χ0) is 18.8. The Morgan fingerprint density at radius 1 is 0.923 bits per heavy atom. The molecule has 0 atom stereocenters. The van der Waals surface area contributed by atoms with Crippen molar-refractivity contribution in [2.45, 2.75) is 20.8 Å². The number of esters is 1. The van der Waals surface area contributed by atoms with Gasteiger partial charge in [0.1, 0.15) is 11.1 Å². The predicted molar refractivity (Wildman–Crippen MR) is 97.8 cm³/mol. The van der Waals surface area contributed by atoms with E-state index in [9.17, 15) is 14.4 Å². The van der Waals surface area contributed by atoms with Crippen molar-refractivity contribution in [3.05, 3.63) is 80.7 Å². The molecule has 0 aliphatic carbocycles. The minimum atomic E-state index is -0.876. The fourth-order valence-corrected chi connectivity index (χ4v) is 2.75. The van der Waals surface area contributed by atoms with E-state index in [1.54, 1.807) is 30.3 Å². The SMILES string of the molecule is Cc1cc(C)c(C(=O)COC(=O)c2cc3ccccc3oc2=O)cc1C. The van der Waals surface area contributed by atoms with Crippen LogP contribution in [0.5, 0.6) is 0 Å². The number of rotatable bonds is 4. The van der Waals surface area contributed by atoms with Gasteiger partial charge >= 0.3 is 11.6 Å². The lowest BCUT2D eigenvalue weighted by atomic mass is 9.98. The van der Waals surface area contributed by atoms with Gasteiger partial charge in [0.25, 0.3) is 0 Å². The van der Waals surface area contributed by atoms with Crippen LogP contribution in [0.3, 0.4) is 0 Å². The largest absolute Gasteiger partial charge is 0.453 e. The molecule has 5 nitrogen and oxygen atoms in total. The predicted octanol–water partition coefficient (Wildman–Crippen LogP) is 3.76. The number of ether oxygens (including phenoxy) is 1. The summed E-state index contributed by atoms with van der Waals surface area (Å²) >= 11 is 0. The molecular weight excluding hydrogens is 332 g/mol. The van der Waals surface area contributed by atoms with Crippen molar-refractivity contribution in [1.82, 2.24) is 0 Å². The molecule has 0 saturated heterocycles. The average Bonchev–Trinajstić information content (AvgIpc) is 2.61. The summed E-state index contributed by atoms with van der Waals surface area (Å²) in [4.78, 5) is 36.6. The Labute approximate surface area is 150 Å². The number of hydrogen-bond donors (Lipinski definition) is 0. The van der Waals surface area contributed by atoms with E-state index in [1.807, 2.05) is 26.8 Å². The highest BCUT2D eigenvalue weighted by molar-refractivity contribution is 6.01. The number of Topliss-reactive ketones (excluding diaryl/α,β-unsaturated/α-hetero) is 1. The van der Waals surface area contributed by atoms with Crippen LogP contribution in [-0.4, -0.2) is 18.4 Å². The molecule has 3 rings (SSSR count). The first-order valence-electron chi connectivity index (χ1n) is 8.18. The summed E-state index contributed by atoms with van der Waals surface area (Å²) in [6.07, 6.45) is 0. The van der Waals surface area contributed by atoms with Gasteiger partial charge in [-0.2, -0.15) is 0 Å². The summed E-state index contributed by atoms with van der Waals surface area (Å²) in [6, 6.07) is 12.0. The maximum atomic E-state index is 12.4. The lowest BCUT2D eigenvalue weighted by Gasteiger charge is -2.09. The lowest BCUT2D eigenvalue weighted by Crippen LogP contribution is -2.20. The van der Waals surface area contributed by atoms with Crippen LogP contribution >= 0.6 is 0 Å². The van der Waals surface area contributed by atoms with Crippen molar-refractivity contribution >= 4 is 22.7 Å². The summed E-state index contributed by atoms with van der Waals surface area (Å²) in [5.74, 6) is -1.19. The first kappa shape index (κ1) is 17.6. The molecule has 0 saturated carbocycles. The van der Waals surface area contributed by atoms with E-state index in [4.69, 9.17) is 9.15 Å². The van der Waals surface area contributed by atoms with Crippen LogP contribution in [0.15, 0.2) is 51.7 Å². The van der Waals surface area contributed by atoms with Crippen molar-refractivity contribution in [3.63, 3.8) is 0 Å². The summed E-state index contributed by atoms with van der Waals surface area (Å²) in [5, 5.41) is 0.607. The smallest absolute Gasteiger partial charge is 0.351 e. The number of carbonyl (C=O) groups excluding carboxylic acids is 2. The Kier molecular flexibility index (Phi) is 4.71. The molecule has 0 radical (unpaired) electrons. The third-order valence-electron chi connectivity index (χ3n) is 4.34. The highest BCUT2D eigenvalue weighted by Gasteiger charge is 2.18. The Morgan fingerprint density at radius 2 is 1.62 bits per heavy atom.